The second-order valence-electron chi connectivity index (χ2n) is 5.61. The number of nitrogens with two attached hydrogens (primary N) is 1. The SMILES string of the molecule is N=C/C=C(\N)C(=O)N1CC(Oc2ccc3c(c2)CCC(=O)N3)C1.[HH]. The molecule has 0 unspecified atom stereocenters. The van der Waals surface area contributed by atoms with Gasteiger partial charge in [0.05, 0.1) is 18.8 Å². The number of amides is 2. The Balaban J connectivity index is 0.00000208. The molecule has 0 saturated carbocycles. The topological polar surface area (TPSA) is 109 Å². The molecule has 0 bridgehead atoms. The van der Waals surface area contributed by atoms with Gasteiger partial charge in [-0.15, -0.1) is 0 Å². The van der Waals surface area contributed by atoms with Gasteiger partial charge in [-0.25, -0.2) is 0 Å². The van der Waals surface area contributed by atoms with Crippen LogP contribution in [0, 0.1) is 5.41 Å². The summed E-state index contributed by atoms with van der Waals surface area (Å²) >= 11 is 0. The Morgan fingerprint density at radius 3 is 2.96 bits per heavy atom. The fourth-order valence-corrected chi connectivity index (χ4v) is 2.65. The predicted molar refractivity (Wildman–Crippen MR) is 87.6 cm³/mol. The van der Waals surface area contributed by atoms with Crippen LogP contribution < -0.4 is 15.8 Å². The quantitative estimate of drug-likeness (QED) is 0.566. The van der Waals surface area contributed by atoms with E-state index >= 15 is 0 Å². The smallest absolute Gasteiger partial charge is 0.270 e. The van der Waals surface area contributed by atoms with E-state index in [1.54, 1.807) is 4.90 Å². The number of nitrogens with one attached hydrogen (secondary N) is 2. The highest BCUT2D eigenvalue weighted by atomic mass is 16.5. The monoisotopic (exact) mass is 316 g/mol. The molecule has 1 aromatic rings. The molecule has 2 heterocycles. The molecule has 7 heteroatoms. The van der Waals surface area contributed by atoms with Crippen LogP contribution in [-0.4, -0.2) is 42.1 Å². The molecule has 2 aliphatic heterocycles. The molecule has 4 N–H and O–H groups in total. The summed E-state index contributed by atoms with van der Waals surface area (Å²) in [5, 5.41) is 9.75. The lowest BCUT2D eigenvalue weighted by Crippen LogP contribution is -2.57. The van der Waals surface area contributed by atoms with Crippen molar-refractivity contribution in [2.45, 2.75) is 18.9 Å². The molecule has 1 aromatic carbocycles. The summed E-state index contributed by atoms with van der Waals surface area (Å²) in [7, 11) is 0. The maximum atomic E-state index is 11.9. The van der Waals surface area contributed by atoms with Gasteiger partial charge in [0, 0.05) is 19.7 Å². The molecule has 122 valence electrons. The summed E-state index contributed by atoms with van der Waals surface area (Å²) in [5.41, 5.74) is 7.52. The van der Waals surface area contributed by atoms with Crippen LogP contribution in [0.2, 0.25) is 0 Å². The van der Waals surface area contributed by atoms with Crippen molar-refractivity contribution >= 4 is 23.7 Å². The molecular weight excluding hydrogens is 296 g/mol. The molecule has 1 fully saturated rings. The fourth-order valence-electron chi connectivity index (χ4n) is 2.65. The first kappa shape index (κ1) is 15.1. The van der Waals surface area contributed by atoms with Crippen molar-refractivity contribution in [3.63, 3.8) is 0 Å². The molecule has 0 radical (unpaired) electrons. The molecule has 1 saturated heterocycles. The van der Waals surface area contributed by atoms with Crippen LogP contribution in [0.15, 0.2) is 30.0 Å². The number of nitrogens with zero attached hydrogens (tertiary/aromatic N) is 1. The van der Waals surface area contributed by atoms with Crippen LogP contribution in [0.25, 0.3) is 0 Å². The van der Waals surface area contributed by atoms with Crippen molar-refractivity contribution in [3.8, 4) is 5.75 Å². The Hall–Kier alpha value is -2.83. The Bertz CT molecular complexity index is 699. The van der Waals surface area contributed by atoms with Crippen molar-refractivity contribution < 1.29 is 15.8 Å². The average molecular weight is 316 g/mol. The van der Waals surface area contributed by atoms with E-state index in [0.717, 1.165) is 23.2 Å². The largest absolute Gasteiger partial charge is 0.487 e. The number of carbonyl (C=O) groups is 2. The van der Waals surface area contributed by atoms with E-state index in [2.05, 4.69) is 5.32 Å². The third-order valence-electron chi connectivity index (χ3n) is 3.92. The Morgan fingerprint density at radius 1 is 1.43 bits per heavy atom. The van der Waals surface area contributed by atoms with E-state index in [1.807, 2.05) is 18.2 Å². The number of aryl methyl sites for hydroxylation is 1. The van der Waals surface area contributed by atoms with Gasteiger partial charge >= 0.3 is 0 Å². The van der Waals surface area contributed by atoms with Gasteiger partial charge in [-0.1, -0.05) is 0 Å². The normalized spacial score (nSPS) is 17.8. The third kappa shape index (κ3) is 3.18. The zero-order valence-corrected chi connectivity index (χ0v) is 12.5. The van der Waals surface area contributed by atoms with Gasteiger partial charge in [0.25, 0.3) is 5.91 Å². The zero-order chi connectivity index (χ0) is 16.4. The summed E-state index contributed by atoms with van der Waals surface area (Å²) in [6.45, 7) is 0.943. The molecule has 23 heavy (non-hydrogen) atoms. The number of anilines is 1. The van der Waals surface area contributed by atoms with Crippen molar-refractivity contribution in [1.82, 2.24) is 4.90 Å². The van der Waals surface area contributed by atoms with Crippen molar-refractivity contribution in [2.24, 2.45) is 5.73 Å². The fraction of sp³-hybridized carbons (Fsp3) is 0.312. The third-order valence-corrected chi connectivity index (χ3v) is 3.92. The minimum Gasteiger partial charge on any atom is -0.487 e. The number of hydrogen-bond acceptors (Lipinski definition) is 5. The number of benzene rings is 1. The number of carbonyl (C=O) groups excluding carboxylic acids is 2. The molecule has 0 spiro atoms. The van der Waals surface area contributed by atoms with Crippen LogP contribution >= 0.6 is 0 Å². The molecule has 7 nitrogen and oxygen atoms in total. The predicted octanol–water partition coefficient (Wildman–Crippen LogP) is 0.899. The first-order valence-corrected chi connectivity index (χ1v) is 7.42. The summed E-state index contributed by atoms with van der Waals surface area (Å²) in [6.07, 6.45) is 3.39. The highest BCUT2D eigenvalue weighted by Crippen LogP contribution is 2.28. The molecule has 2 aliphatic rings. The second-order valence-corrected chi connectivity index (χ2v) is 5.61. The molecular formula is C16H20N4O3. The number of likely N-dealkylation sites (tertiary alicyclic amines) is 1. The van der Waals surface area contributed by atoms with Gasteiger partial charge in [0.15, 0.2) is 0 Å². The Morgan fingerprint density at radius 2 is 2.22 bits per heavy atom. The lowest BCUT2D eigenvalue weighted by Gasteiger charge is -2.39. The zero-order valence-electron chi connectivity index (χ0n) is 12.5. The van der Waals surface area contributed by atoms with E-state index in [1.165, 1.54) is 6.08 Å². The van der Waals surface area contributed by atoms with Crippen LogP contribution in [0.1, 0.15) is 13.4 Å². The summed E-state index contributed by atoms with van der Waals surface area (Å²) < 4.78 is 5.85. The lowest BCUT2D eigenvalue weighted by atomic mass is 10.0. The van der Waals surface area contributed by atoms with Crippen LogP contribution in [0.3, 0.4) is 0 Å². The number of hydrogen-bond donors (Lipinski definition) is 3. The van der Waals surface area contributed by atoms with Crippen LogP contribution in [0.4, 0.5) is 5.69 Å². The standard InChI is InChI=1S/C16H18N4O3.H2/c17-6-5-13(18)16(22)20-8-12(9-20)23-11-2-3-14-10(7-11)1-4-15(21)19-14;/h2-3,5-7,12,17H,1,4,8-9,18H2,(H,19,21);1H/b13-5-,17-6?;. The van der Waals surface area contributed by atoms with Crippen LogP contribution in [-0.2, 0) is 16.0 Å². The first-order chi connectivity index (χ1) is 11.1. The highest BCUT2D eigenvalue weighted by molar-refractivity contribution is 5.96. The number of rotatable bonds is 4. The first-order valence-electron chi connectivity index (χ1n) is 7.42. The van der Waals surface area contributed by atoms with Gasteiger partial charge < -0.3 is 26.1 Å². The average Bonchev–Trinajstić information content (AvgIpc) is 2.50. The van der Waals surface area contributed by atoms with E-state index in [-0.39, 0.29) is 25.0 Å². The second kappa shape index (κ2) is 6.12. The lowest BCUT2D eigenvalue weighted by molar-refractivity contribution is -0.135. The highest BCUT2D eigenvalue weighted by Gasteiger charge is 2.33. The molecule has 0 atom stereocenters. The van der Waals surface area contributed by atoms with E-state index in [0.29, 0.717) is 25.9 Å². The number of ether oxygens (including phenoxy) is 1. The maximum Gasteiger partial charge on any atom is 0.270 e. The molecule has 0 aliphatic carbocycles. The Labute approximate surface area is 135 Å². The molecule has 3 rings (SSSR count). The molecule has 2 amide bonds. The van der Waals surface area contributed by atoms with Gasteiger partial charge in [-0.2, -0.15) is 0 Å². The van der Waals surface area contributed by atoms with Gasteiger partial charge in [0.1, 0.15) is 11.9 Å². The minimum absolute atomic E-state index is 0. The van der Waals surface area contributed by atoms with Gasteiger partial charge in [-0.3, -0.25) is 9.59 Å². The Kier molecular flexibility index (Phi) is 4.01. The van der Waals surface area contributed by atoms with E-state index in [9.17, 15) is 9.59 Å². The van der Waals surface area contributed by atoms with Gasteiger partial charge in [0.2, 0.25) is 5.91 Å². The minimum atomic E-state index is -0.276. The number of allylic oxidation sites excluding steroid dienone is 1. The van der Waals surface area contributed by atoms with Crippen molar-refractivity contribution in [3.05, 3.63) is 35.5 Å². The van der Waals surface area contributed by atoms with Gasteiger partial charge in [-0.05, 0) is 36.3 Å². The van der Waals surface area contributed by atoms with E-state index < -0.39 is 0 Å². The van der Waals surface area contributed by atoms with Crippen LogP contribution in [0.5, 0.6) is 5.75 Å². The van der Waals surface area contributed by atoms with Crippen molar-refractivity contribution in [1.29, 1.82) is 5.41 Å². The van der Waals surface area contributed by atoms with Crippen molar-refractivity contribution in [2.75, 3.05) is 18.4 Å². The van der Waals surface area contributed by atoms with E-state index in [4.69, 9.17) is 15.9 Å². The maximum absolute atomic E-state index is 11.9. The summed E-state index contributed by atoms with van der Waals surface area (Å²) in [6, 6.07) is 5.59. The summed E-state index contributed by atoms with van der Waals surface area (Å²) in [5.74, 6) is 0.497. The summed E-state index contributed by atoms with van der Waals surface area (Å²) in [4.78, 5) is 24.8. The molecule has 0 aromatic heterocycles. The number of fused-ring (bicyclic) bond motifs is 1.